The second-order valence-electron chi connectivity index (χ2n) is 7.12. The number of phenolic OH excluding ortho intramolecular Hbond substituents is 1. The summed E-state index contributed by atoms with van der Waals surface area (Å²) in [5.74, 6) is -1.44. The molecule has 10 heteroatoms. The molecule has 0 bridgehead atoms. The fourth-order valence-corrected chi connectivity index (χ4v) is 3.55. The van der Waals surface area contributed by atoms with Crippen molar-refractivity contribution in [2.75, 3.05) is 6.54 Å². The highest BCUT2D eigenvalue weighted by molar-refractivity contribution is 6.33. The average molecular weight is 469 g/mol. The Kier molecular flexibility index (Phi) is 6.68. The zero-order valence-electron chi connectivity index (χ0n) is 17.2. The number of carbonyl (C=O) groups is 2. The molecule has 3 aromatic rings. The monoisotopic (exact) mass is 468 g/mol. The number of phenols is 1. The molecule has 0 atom stereocenters. The van der Waals surface area contributed by atoms with Gasteiger partial charge in [0.2, 0.25) is 5.91 Å². The summed E-state index contributed by atoms with van der Waals surface area (Å²) in [5.41, 5.74) is 1.45. The normalized spacial score (nSPS) is 11.6. The molecular weight excluding hydrogens is 449 g/mol. The van der Waals surface area contributed by atoms with E-state index in [1.807, 2.05) is 6.92 Å². The number of alkyl halides is 3. The summed E-state index contributed by atoms with van der Waals surface area (Å²) in [6, 6.07) is 7.30. The predicted octanol–water partition coefficient (Wildman–Crippen LogP) is 4.96. The highest BCUT2D eigenvalue weighted by atomic mass is 35.5. The van der Waals surface area contributed by atoms with Crippen LogP contribution in [0, 0.1) is 6.92 Å². The lowest BCUT2D eigenvalue weighted by Crippen LogP contribution is -2.26. The van der Waals surface area contributed by atoms with Gasteiger partial charge in [0.25, 0.3) is 5.91 Å². The van der Waals surface area contributed by atoms with E-state index in [9.17, 15) is 27.9 Å². The Balaban J connectivity index is 2.05. The molecule has 0 saturated carbocycles. The summed E-state index contributed by atoms with van der Waals surface area (Å²) in [6.07, 6.45) is -4.11. The number of aromatic nitrogens is 1. The van der Waals surface area contributed by atoms with Gasteiger partial charge in [-0.1, -0.05) is 18.5 Å². The molecule has 2 aromatic carbocycles. The molecule has 32 heavy (non-hydrogen) atoms. The van der Waals surface area contributed by atoms with Crippen molar-refractivity contribution < 1.29 is 32.6 Å². The number of benzene rings is 2. The minimum Gasteiger partial charge on any atom is -0.506 e. The number of fused-ring (bicyclic) bond motifs is 1. The summed E-state index contributed by atoms with van der Waals surface area (Å²) in [7, 11) is 0. The quantitative estimate of drug-likeness (QED) is 0.535. The van der Waals surface area contributed by atoms with E-state index in [4.69, 9.17) is 11.6 Å². The Hall–Kier alpha value is -3.20. The minimum absolute atomic E-state index is 0.0139. The van der Waals surface area contributed by atoms with Crippen molar-refractivity contribution >= 4 is 34.3 Å². The number of carbonyl (C=O) groups excluding carboxylic acids is 2. The number of nitrogens with zero attached hydrogens (tertiary/aromatic N) is 1. The van der Waals surface area contributed by atoms with Crippen molar-refractivity contribution in [1.29, 1.82) is 0 Å². The lowest BCUT2D eigenvalue weighted by molar-refractivity contribution is -0.274. The number of aromatic hydroxyl groups is 1. The van der Waals surface area contributed by atoms with Crippen LogP contribution in [-0.4, -0.2) is 34.4 Å². The van der Waals surface area contributed by atoms with Crippen LogP contribution in [-0.2, 0) is 11.2 Å². The highest BCUT2D eigenvalue weighted by Crippen LogP contribution is 2.35. The van der Waals surface area contributed by atoms with Crippen LogP contribution in [0.4, 0.5) is 13.2 Å². The molecule has 1 aromatic heterocycles. The number of halogens is 4. The van der Waals surface area contributed by atoms with Gasteiger partial charge in [-0.25, -0.2) is 0 Å². The van der Waals surface area contributed by atoms with Gasteiger partial charge in [-0.3, -0.25) is 14.2 Å². The van der Waals surface area contributed by atoms with Gasteiger partial charge in [-0.15, -0.1) is 13.2 Å². The molecule has 0 aliphatic heterocycles. The van der Waals surface area contributed by atoms with Gasteiger partial charge in [0, 0.05) is 23.2 Å². The fraction of sp³-hybridized carbons (Fsp3) is 0.273. The van der Waals surface area contributed by atoms with Crippen LogP contribution < -0.4 is 10.1 Å². The molecule has 0 unspecified atom stereocenters. The van der Waals surface area contributed by atoms with Gasteiger partial charge < -0.3 is 15.2 Å². The van der Waals surface area contributed by atoms with Crippen molar-refractivity contribution in [2.24, 2.45) is 0 Å². The number of hydrogen-bond donors (Lipinski definition) is 2. The third kappa shape index (κ3) is 4.99. The van der Waals surface area contributed by atoms with Gasteiger partial charge in [0.05, 0.1) is 17.0 Å². The Morgan fingerprint density at radius 1 is 1.19 bits per heavy atom. The Morgan fingerprint density at radius 3 is 2.44 bits per heavy atom. The van der Waals surface area contributed by atoms with E-state index >= 15 is 0 Å². The Morgan fingerprint density at radius 2 is 1.84 bits per heavy atom. The van der Waals surface area contributed by atoms with Crippen LogP contribution in [0.5, 0.6) is 11.5 Å². The maximum absolute atomic E-state index is 13.2. The summed E-state index contributed by atoms with van der Waals surface area (Å²) in [4.78, 5) is 25.6. The Bertz CT molecular complexity index is 1170. The molecule has 3 rings (SSSR count). The molecule has 0 radical (unpaired) electrons. The van der Waals surface area contributed by atoms with Gasteiger partial charge in [-0.05, 0) is 55.3 Å². The smallest absolute Gasteiger partial charge is 0.506 e. The van der Waals surface area contributed by atoms with E-state index in [-0.39, 0.29) is 28.7 Å². The number of ether oxygens (including phenoxy) is 1. The van der Waals surface area contributed by atoms with Gasteiger partial charge >= 0.3 is 6.36 Å². The number of nitrogens with one attached hydrogen (secondary N) is 1. The molecule has 0 saturated heterocycles. The van der Waals surface area contributed by atoms with E-state index in [0.29, 0.717) is 28.7 Å². The average Bonchev–Trinajstić information content (AvgIpc) is 2.96. The lowest BCUT2D eigenvalue weighted by atomic mass is 10.1. The van der Waals surface area contributed by atoms with Crippen molar-refractivity contribution in [2.45, 2.75) is 33.1 Å². The molecule has 1 heterocycles. The van der Waals surface area contributed by atoms with Crippen LogP contribution in [0.15, 0.2) is 36.4 Å². The third-order valence-corrected chi connectivity index (χ3v) is 5.15. The number of rotatable bonds is 6. The minimum atomic E-state index is -4.84. The molecule has 6 nitrogen and oxygen atoms in total. The lowest BCUT2D eigenvalue weighted by Gasteiger charge is -2.11. The maximum atomic E-state index is 13.2. The first kappa shape index (κ1) is 23.5. The van der Waals surface area contributed by atoms with Gasteiger partial charge in [0.1, 0.15) is 11.5 Å². The first-order valence-electron chi connectivity index (χ1n) is 9.71. The SMILES string of the molecule is CCCNC(=O)Cc1c(C)n(C(=O)c2ccc(OC(F)(F)F)cc2)c2cc(Cl)c(O)cc12. The van der Waals surface area contributed by atoms with Crippen molar-refractivity contribution in [3.63, 3.8) is 0 Å². The molecule has 0 aliphatic rings. The van der Waals surface area contributed by atoms with Crippen molar-refractivity contribution in [3.05, 3.63) is 58.2 Å². The van der Waals surface area contributed by atoms with E-state index in [2.05, 4.69) is 10.1 Å². The highest BCUT2D eigenvalue weighted by Gasteiger charge is 2.31. The zero-order valence-corrected chi connectivity index (χ0v) is 18.0. The van der Waals surface area contributed by atoms with E-state index in [0.717, 1.165) is 18.6 Å². The molecule has 0 spiro atoms. The van der Waals surface area contributed by atoms with E-state index in [1.54, 1.807) is 6.92 Å². The summed E-state index contributed by atoms with van der Waals surface area (Å²) in [5, 5.41) is 13.3. The Labute approximate surface area is 186 Å². The van der Waals surface area contributed by atoms with Crippen LogP contribution in [0.3, 0.4) is 0 Å². The standard InChI is InChI=1S/C22H20ClF3N2O4/c1-3-8-27-20(30)10-15-12(2)28(18-11-17(23)19(29)9-16(15)18)21(31)13-4-6-14(7-5-13)32-22(24,25)26/h4-7,9,11,29H,3,8,10H2,1-2H3,(H,27,30). The molecule has 1 amide bonds. The van der Waals surface area contributed by atoms with E-state index in [1.165, 1.54) is 28.8 Å². The van der Waals surface area contributed by atoms with Crippen LogP contribution in [0.1, 0.15) is 35.0 Å². The number of amides is 1. The summed E-state index contributed by atoms with van der Waals surface area (Å²) < 4.78 is 42.3. The second kappa shape index (κ2) is 9.12. The number of hydrogen-bond acceptors (Lipinski definition) is 4. The van der Waals surface area contributed by atoms with Crippen LogP contribution in [0.25, 0.3) is 10.9 Å². The maximum Gasteiger partial charge on any atom is 0.573 e. The fourth-order valence-electron chi connectivity index (χ4n) is 3.39. The van der Waals surface area contributed by atoms with Crippen LogP contribution >= 0.6 is 11.6 Å². The molecule has 2 N–H and O–H groups in total. The molecular formula is C22H20ClF3N2O4. The zero-order chi connectivity index (χ0) is 23.6. The molecule has 0 fully saturated rings. The van der Waals surface area contributed by atoms with Crippen molar-refractivity contribution in [1.82, 2.24) is 9.88 Å². The first-order valence-corrected chi connectivity index (χ1v) is 10.1. The topological polar surface area (TPSA) is 80.6 Å². The second-order valence-corrected chi connectivity index (χ2v) is 7.53. The van der Waals surface area contributed by atoms with E-state index < -0.39 is 18.0 Å². The largest absolute Gasteiger partial charge is 0.573 e. The summed E-state index contributed by atoms with van der Waals surface area (Å²) in [6.45, 7) is 4.06. The molecule has 170 valence electrons. The predicted molar refractivity (Wildman–Crippen MR) is 113 cm³/mol. The van der Waals surface area contributed by atoms with Gasteiger partial charge in [-0.2, -0.15) is 0 Å². The molecule has 0 aliphatic carbocycles. The summed E-state index contributed by atoms with van der Waals surface area (Å²) >= 11 is 6.05. The van der Waals surface area contributed by atoms with Crippen molar-refractivity contribution in [3.8, 4) is 11.5 Å². The van der Waals surface area contributed by atoms with Gasteiger partial charge in [0.15, 0.2) is 0 Å². The first-order chi connectivity index (χ1) is 15.0. The van der Waals surface area contributed by atoms with Crippen LogP contribution in [0.2, 0.25) is 5.02 Å². The third-order valence-electron chi connectivity index (χ3n) is 4.85.